The highest BCUT2D eigenvalue weighted by Crippen LogP contribution is 2.24. The Morgan fingerprint density at radius 1 is 1.35 bits per heavy atom. The molecule has 0 aromatic rings. The van der Waals surface area contributed by atoms with Crippen LogP contribution in [0.15, 0.2) is 0 Å². The third kappa shape index (κ3) is 4.43. The summed E-state index contributed by atoms with van der Waals surface area (Å²) < 4.78 is 5.66. The molecule has 0 spiro atoms. The van der Waals surface area contributed by atoms with Crippen molar-refractivity contribution in [2.75, 3.05) is 26.2 Å². The Balaban J connectivity index is 1.74. The highest BCUT2D eigenvalue weighted by molar-refractivity contribution is 5.84. The minimum atomic E-state index is -0.558. The quantitative estimate of drug-likeness (QED) is 0.694. The van der Waals surface area contributed by atoms with Gasteiger partial charge in [-0.1, -0.05) is 0 Å². The molecule has 116 valence electrons. The van der Waals surface area contributed by atoms with E-state index in [0.717, 1.165) is 45.5 Å². The second-order valence-electron chi connectivity index (χ2n) is 6.36. The van der Waals surface area contributed by atoms with E-state index in [-0.39, 0.29) is 5.91 Å². The van der Waals surface area contributed by atoms with Crippen molar-refractivity contribution in [1.29, 1.82) is 0 Å². The molecule has 1 saturated heterocycles. The molecular weight excluding hydrogens is 254 g/mol. The van der Waals surface area contributed by atoms with Gasteiger partial charge in [0, 0.05) is 32.3 Å². The van der Waals surface area contributed by atoms with E-state index in [0.29, 0.717) is 12.1 Å². The molecular formula is C15H29N3O2. The summed E-state index contributed by atoms with van der Waals surface area (Å²) in [6.45, 7) is 7.84. The first-order valence-electron chi connectivity index (χ1n) is 7.95. The van der Waals surface area contributed by atoms with Crippen LogP contribution in [0.1, 0.15) is 46.0 Å². The standard InChI is InChI=1S/C15H29N3O2/c1-3-20-13-6-9-18(10-7-13)11-8-15(2,14(16)19)17-12-4-5-12/h12-13,17H,3-11H2,1-2H3,(H2,16,19). The van der Waals surface area contributed by atoms with Crippen molar-refractivity contribution in [2.45, 2.75) is 63.6 Å². The molecule has 20 heavy (non-hydrogen) atoms. The number of hydrogen-bond acceptors (Lipinski definition) is 4. The molecule has 2 rings (SSSR count). The highest BCUT2D eigenvalue weighted by Gasteiger charge is 2.37. The van der Waals surface area contributed by atoms with E-state index in [9.17, 15) is 4.79 Å². The van der Waals surface area contributed by atoms with Gasteiger partial charge in [-0.2, -0.15) is 0 Å². The molecule has 3 N–H and O–H groups in total. The summed E-state index contributed by atoms with van der Waals surface area (Å²) in [5.74, 6) is -0.228. The Morgan fingerprint density at radius 3 is 2.50 bits per heavy atom. The van der Waals surface area contributed by atoms with Crippen LogP contribution in [0.5, 0.6) is 0 Å². The predicted molar refractivity (Wildman–Crippen MR) is 79.5 cm³/mol. The Kier molecular flexibility index (Phi) is 5.41. The maximum atomic E-state index is 11.7. The number of nitrogens with zero attached hydrogens (tertiary/aromatic N) is 1. The predicted octanol–water partition coefficient (Wildman–Crippen LogP) is 0.873. The van der Waals surface area contributed by atoms with Crippen LogP contribution in [0, 0.1) is 0 Å². The molecule has 1 unspecified atom stereocenters. The molecule has 5 nitrogen and oxygen atoms in total. The number of ether oxygens (including phenoxy) is 1. The lowest BCUT2D eigenvalue weighted by atomic mass is 9.95. The zero-order chi connectivity index (χ0) is 14.6. The fraction of sp³-hybridized carbons (Fsp3) is 0.933. The maximum absolute atomic E-state index is 11.7. The number of amides is 1. The van der Waals surface area contributed by atoms with Crippen LogP contribution < -0.4 is 11.1 Å². The molecule has 1 heterocycles. The topological polar surface area (TPSA) is 67.6 Å². The van der Waals surface area contributed by atoms with Crippen molar-refractivity contribution in [2.24, 2.45) is 5.73 Å². The van der Waals surface area contributed by atoms with Crippen molar-refractivity contribution in [3.05, 3.63) is 0 Å². The van der Waals surface area contributed by atoms with E-state index >= 15 is 0 Å². The first kappa shape index (κ1) is 15.7. The first-order chi connectivity index (χ1) is 9.53. The summed E-state index contributed by atoms with van der Waals surface area (Å²) >= 11 is 0. The summed E-state index contributed by atoms with van der Waals surface area (Å²) in [6, 6.07) is 0.496. The van der Waals surface area contributed by atoms with Gasteiger partial charge in [-0.05, 0) is 46.0 Å². The van der Waals surface area contributed by atoms with Crippen LogP contribution in [0.4, 0.5) is 0 Å². The smallest absolute Gasteiger partial charge is 0.237 e. The fourth-order valence-corrected chi connectivity index (χ4v) is 2.86. The molecule has 0 radical (unpaired) electrons. The SMILES string of the molecule is CCOC1CCN(CCC(C)(NC2CC2)C(N)=O)CC1. The van der Waals surface area contributed by atoms with E-state index in [1.807, 2.05) is 13.8 Å². The molecule has 2 aliphatic rings. The van der Waals surface area contributed by atoms with Crippen LogP contribution in [-0.2, 0) is 9.53 Å². The summed E-state index contributed by atoms with van der Waals surface area (Å²) in [5.41, 5.74) is 5.03. The van der Waals surface area contributed by atoms with Crippen molar-refractivity contribution in [3.63, 3.8) is 0 Å². The van der Waals surface area contributed by atoms with Crippen LogP contribution in [0.2, 0.25) is 0 Å². The second kappa shape index (κ2) is 6.87. The van der Waals surface area contributed by atoms with E-state index in [2.05, 4.69) is 10.2 Å². The molecule has 1 aliphatic heterocycles. The van der Waals surface area contributed by atoms with Gasteiger partial charge in [0.2, 0.25) is 5.91 Å². The minimum absolute atomic E-state index is 0.228. The molecule has 0 aromatic carbocycles. The van der Waals surface area contributed by atoms with Crippen molar-refractivity contribution < 1.29 is 9.53 Å². The van der Waals surface area contributed by atoms with E-state index in [4.69, 9.17) is 10.5 Å². The Labute approximate surface area is 122 Å². The van der Waals surface area contributed by atoms with Crippen LogP contribution >= 0.6 is 0 Å². The number of piperidine rings is 1. The lowest BCUT2D eigenvalue weighted by molar-refractivity contribution is -0.124. The lowest BCUT2D eigenvalue weighted by Crippen LogP contribution is -2.55. The van der Waals surface area contributed by atoms with Gasteiger partial charge in [-0.15, -0.1) is 0 Å². The van der Waals surface area contributed by atoms with Gasteiger partial charge in [0.25, 0.3) is 0 Å². The van der Waals surface area contributed by atoms with Gasteiger partial charge >= 0.3 is 0 Å². The molecule has 5 heteroatoms. The number of carbonyl (C=O) groups excluding carboxylic acids is 1. The molecule has 1 aliphatic carbocycles. The van der Waals surface area contributed by atoms with Crippen LogP contribution in [0.3, 0.4) is 0 Å². The van der Waals surface area contributed by atoms with Gasteiger partial charge in [0.15, 0.2) is 0 Å². The first-order valence-corrected chi connectivity index (χ1v) is 7.95. The number of hydrogen-bond donors (Lipinski definition) is 2. The van der Waals surface area contributed by atoms with Gasteiger partial charge < -0.3 is 20.7 Å². The van der Waals surface area contributed by atoms with E-state index in [1.54, 1.807) is 0 Å². The summed E-state index contributed by atoms with van der Waals surface area (Å²) in [4.78, 5) is 14.1. The molecule has 0 aromatic heterocycles. The van der Waals surface area contributed by atoms with Crippen LogP contribution in [-0.4, -0.2) is 54.7 Å². The van der Waals surface area contributed by atoms with E-state index in [1.165, 1.54) is 12.8 Å². The monoisotopic (exact) mass is 283 g/mol. The van der Waals surface area contributed by atoms with Crippen molar-refractivity contribution in [3.8, 4) is 0 Å². The Bertz CT molecular complexity index is 325. The van der Waals surface area contributed by atoms with Gasteiger partial charge in [-0.25, -0.2) is 0 Å². The molecule has 1 saturated carbocycles. The lowest BCUT2D eigenvalue weighted by Gasteiger charge is -2.35. The largest absolute Gasteiger partial charge is 0.378 e. The number of rotatable bonds is 8. The number of nitrogens with one attached hydrogen (secondary N) is 1. The maximum Gasteiger partial charge on any atom is 0.237 e. The van der Waals surface area contributed by atoms with Gasteiger partial charge in [0.1, 0.15) is 0 Å². The molecule has 2 fully saturated rings. The van der Waals surface area contributed by atoms with Crippen molar-refractivity contribution >= 4 is 5.91 Å². The molecule has 1 amide bonds. The number of likely N-dealkylation sites (tertiary alicyclic amines) is 1. The van der Waals surface area contributed by atoms with Crippen molar-refractivity contribution in [1.82, 2.24) is 10.2 Å². The summed E-state index contributed by atoms with van der Waals surface area (Å²) in [6.07, 6.45) is 5.74. The van der Waals surface area contributed by atoms with E-state index < -0.39 is 5.54 Å². The number of primary amides is 1. The average Bonchev–Trinajstić information content (AvgIpc) is 3.22. The summed E-state index contributed by atoms with van der Waals surface area (Å²) in [5, 5.41) is 3.41. The third-order valence-corrected chi connectivity index (χ3v) is 4.51. The Morgan fingerprint density at radius 2 is 2.00 bits per heavy atom. The molecule has 0 bridgehead atoms. The number of carbonyl (C=O) groups is 1. The third-order valence-electron chi connectivity index (χ3n) is 4.51. The van der Waals surface area contributed by atoms with Crippen LogP contribution in [0.25, 0.3) is 0 Å². The molecule has 1 atom stereocenters. The normalized spacial score (nSPS) is 24.5. The number of nitrogens with two attached hydrogens (primary N) is 1. The second-order valence-corrected chi connectivity index (χ2v) is 6.36. The summed E-state index contributed by atoms with van der Waals surface area (Å²) in [7, 11) is 0. The average molecular weight is 283 g/mol. The zero-order valence-electron chi connectivity index (χ0n) is 12.9. The Hall–Kier alpha value is -0.650. The fourth-order valence-electron chi connectivity index (χ4n) is 2.86. The minimum Gasteiger partial charge on any atom is -0.378 e. The van der Waals surface area contributed by atoms with Gasteiger partial charge in [0.05, 0.1) is 11.6 Å². The highest BCUT2D eigenvalue weighted by atomic mass is 16.5. The van der Waals surface area contributed by atoms with Gasteiger partial charge in [-0.3, -0.25) is 4.79 Å². The zero-order valence-corrected chi connectivity index (χ0v) is 12.9.